The van der Waals surface area contributed by atoms with Crippen molar-refractivity contribution in [2.24, 2.45) is 0 Å². The number of aryl methyl sites for hydroxylation is 1. The second kappa shape index (κ2) is 8.01. The number of thioether (sulfide) groups is 1. The van der Waals surface area contributed by atoms with E-state index in [1.807, 2.05) is 57.2 Å². The highest BCUT2D eigenvalue weighted by molar-refractivity contribution is 8.04. The Kier molecular flexibility index (Phi) is 5.71. The molecule has 1 atom stereocenters. The number of anilines is 1. The molecule has 1 aliphatic heterocycles. The molecule has 5 heteroatoms. The topological polar surface area (TPSA) is 49.4 Å². The zero-order valence-electron chi connectivity index (χ0n) is 16.1. The summed E-state index contributed by atoms with van der Waals surface area (Å²) >= 11 is 1.45. The van der Waals surface area contributed by atoms with Crippen LogP contribution in [-0.2, 0) is 4.79 Å². The van der Waals surface area contributed by atoms with Crippen molar-refractivity contribution in [1.29, 1.82) is 0 Å². The van der Waals surface area contributed by atoms with E-state index in [9.17, 15) is 9.59 Å². The number of hydrogen-bond donors (Lipinski definition) is 1. The third-order valence-electron chi connectivity index (χ3n) is 4.65. The maximum absolute atomic E-state index is 12.8. The third-order valence-corrected chi connectivity index (χ3v) is 5.73. The van der Waals surface area contributed by atoms with Crippen LogP contribution in [0.2, 0.25) is 0 Å². The maximum Gasteiger partial charge on any atom is 0.264 e. The fourth-order valence-corrected chi connectivity index (χ4v) is 3.95. The fourth-order valence-electron chi connectivity index (χ4n) is 2.86. The van der Waals surface area contributed by atoms with E-state index in [1.54, 1.807) is 18.0 Å². The van der Waals surface area contributed by atoms with E-state index in [-0.39, 0.29) is 17.9 Å². The summed E-state index contributed by atoms with van der Waals surface area (Å²) < 4.78 is 0. The number of amides is 2. The quantitative estimate of drug-likeness (QED) is 0.787. The van der Waals surface area contributed by atoms with Gasteiger partial charge in [0, 0.05) is 23.5 Å². The first-order valence-corrected chi connectivity index (χ1v) is 9.90. The SMILES string of the molecule is CCC(C)NC(=O)c1ccc2c(c1)N(C)C(=O)C(=Cc1cccc(C)c1)S2. The van der Waals surface area contributed by atoms with Gasteiger partial charge in [0.15, 0.2) is 0 Å². The number of rotatable bonds is 4. The number of nitrogens with zero attached hydrogens (tertiary/aromatic N) is 1. The molecule has 140 valence electrons. The lowest BCUT2D eigenvalue weighted by Gasteiger charge is -2.27. The molecule has 1 aliphatic rings. The van der Waals surface area contributed by atoms with Crippen LogP contribution < -0.4 is 10.2 Å². The minimum Gasteiger partial charge on any atom is -0.350 e. The molecule has 0 spiro atoms. The van der Waals surface area contributed by atoms with Gasteiger partial charge in [-0.05, 0) is 50.1 Å². The van der Waals surface area contributed by atoms with Gasteiger partial charge in [-0.2, -0.15) is 0 Å². The van der Waals surface area contributed by atoms with Crippen LogP contribution in [0.4, 0.5) is 5.69 Å². The Morgan fingerprint density at radius 2 is 2.04 bits per heavy atom. The van der Waals surface area contributed by atoms with Gasteiger partial charge in [-0.3, -0.25) is 9.59 Å². The van der Waals surface area contributed by atoms with E-state index in [4.69, 9.17) is 0 Å². The zero-order valence-corrected chi connectivity index (χ0v) is 16.9. The summed E-state index contributed by atoms with van der Waals surface area (Å²) in [7, 11) is 1.75. The Balaban J connectivity index is 1.90. The Bertz CT molecular complexity index is 920. The molecular formula is C22H24N2O2S. The van der Waals surface area contributed by atoms with E-state index < -0.39 is 0 Å². The first kappa shape index (κ1) is 19.2. The predicted octanol–water partition coefficient (Wildman–Crippen LogP) is 4.63. The van der Waals surface area contributed by atoms with Gasteiger partial charge in [-0.25, -0.2) is 0 Å². The largest absolute Gasteiger partial charge is 0.350 e. The summed E-state index contributed by atoms with van der Waals surface area (Å²) in [4.78, 5) is 28.5. The van der Waals surface area contributed by atoms with Crippen LogP contribution in [0.5, 0.6) is 0 Å². The Morgan fingerprint density at radius 3 is 2.74 bits per heavy atom. The highest BCUT2D eigenvalue weighted by atomic mass is 32.2. The number of carbonyl (C=O) groups is 2. The van der Waals surface area contributed by atoms with Gasteiger partial charge in [0.2, 0.25) is 0 Å². The van der Waals surface area contributed by atoms with Crippen LogP contribution in [0.15, 0.2) is 52.3 Å². The van der Waals surface area contributed by atoms with Crippen molar-refractivity contribution in [2.75, 3.05) is 11.9 Å². The Labute approximate surface area is 164 Å². The van der Waals surface area contributed by atoms with Gasteiger partial charge in [-0.15, -0.1) is 0 Å². The number of fused-ring (bicyclic) bond motifs is 1. The van der Waals surface area contributed by atoms with Gasteiger partial charge in [0.1, 0.15) is 0 Å². The smallest absolute Gasteiger partial charge is 0.264 e. The molecule has 0 radical (unpaired) electrons. The summed E-state index contributed by atoms with van der Waals surface area (Å²) in [5.74, 6) is -0.174. The van der Waals surface area contributed by atoms with E-state index in [0.717, 1.165) is 28.1 Å². The molecule has 2 amide bonds. The van der Waals surface area contributed by atoms with Crippen LogP contribution in [0.1, 0.15) is 41.8 Å². The minimum atomic E-state index is -0.112. The number of nitrogens with one attached hydrogen (secondary N) is 1. The van der Waals surface area contributed by atoms with Crippen LogP contribution in [0.3, 0.4) is 0 Å². The van der Waals surface area contributed by atoms with Gasteiger partial charge >= 0.3 is 0 Å². The summed E-state index contributed by atoms with van der Waals surface area (Å²) in [6.07, 6.45) is 2.79. The molecule has 0 saturated heterocycles. The number of likely N-dealkylation sites (N-methyl/N-ethyl adjacent to an activating group) is 1. The van der Waals surface area contributed by atoms with Crippen LogP contribution >= 0.6 is 11.8 Å². The van der Waals surface area contributed by atoms with Gasteiger partial charge in [0.05, 0.1) is 10.6 Å². The monoisotopic (exact) mass is 380 g/mol. The highest BCUT2D eigenvalue weighted by Crippen LogP contribution is 2.42. The fraction of sp³-hybridized carbons (Fsp3) is 0.273. The molecule has 1 N–H and O–H groups in total. The van der Waals surface area contributed by atoms with Crippen LogP contribution in [-0.4, -0.2) is 24.9 Å². The van der Waals surface area contributed by atoms with E-state index in [0.29, 0.717) is 10.5 Å². The van der Waals surface area contributed by atoms with E-state index in [2.05, 4.69) is 11.4 Å². The van der Waals surface area contributed by atoms with E-state index in [1.165, 1.54) is 11.8 Å². The molecular weight excluding hydrogens is 356 g/mol. The molecule has 0 aromatic heterocycles. The van der Waals surface area contributed by atoms with Crippen LogP contribution in [0, 0.1) is 6.92 Å². The first-order chi connectivity index (χ1) is 12.9. The number of hydrogen-bond acceptors (Lipinski definition) is 3. The number of benzene rings is 2. The minimum absolute atomic E-state index is 0.0616. The van der Waals surface area contributed by atoms with Crippen molar-refractivity contribution in [3.63, 3.8) is 0 Å². The molecule has 3 rings (SSSR count). The second-order valence-corrected chi connectivity index (χ2v) is 7.94. The average Bonchev–Trinajstić information content (AvgIpc) is 2.65. The summed E-state index contributed by atoms with van der Waals surface area (Å²) in [6.45, 7) is 6.04. The standard InChI is InChI=1S/C22H24N2O2S/c1-5-15(3)23-21(25)17-9-10-19-18(13-17)24(4)22(26)20(27-19)12-16-8-6-7-14(2)11-16/h6-13,15H,5H2,1-4H3,(H,23,25). The number of carbonyl (C=O) groups excluding carboxylic acids is 2. The summed E-state index contributed by atoms with van der Waals surface area (Å²) in [5.41, 5.74) is 3.50. The van der Waals surface area contributed by atoms with E-state index >= 15 is 0 Å². The highest BCUT2D eigenvalue weighted by Gasteiger charge is 2.27. The van der Waals surface area contributed by atoms with Crippen molar-refractivity contribution in [3.05, 3.63) is 64.1 Å². The molecule has 27 heavy (non-hydrogen) atoms. The van der Waals surface area contributed by atoms with Gasteiger partial charge in [0.25, 0.3) is 11.8 Å². The van der Waals surface area contributed by atoms with Gasteiger partial charge in [-0.1, -0.05) is 48.5 Å². The lowest BCUT2D eigenvalue weighted by Crippen LogP contribution is -2.33. The second-order valence-electron chi connectivity index (χ2n) is 6.85. The molecule has 0 bridgehead atoms. The molecule has 0 aliphatic carbocycles. The average molecular weight is 381 g/mol. The molecule has 1 unspecified atom stereocenters. The molecule has 4 nitrogen and oxygen atoms in total. The van der Waals surface area contributed by atoms with Crippen molar-refractivity contribution in [1.82, 2.24) is 5.32 Å². The predicted molar refractivity (Wildman–Crippen MR) is 112 cm³/mol. The zero-order chi connectivity index (χ0) is 19.6. The molecule has 1 heterocycles. The lowest BCUT2D eigenvalue weighted by molar-refractivity contribution is -0.114. The molecule has 2 aromatic rings. The molecule has 2 aromatic carbocycles. The van der Waals surface area contributed by atoms with Crippen molar-refractivity contribution >= 4 is 35.3 Å². The van der Waals surface area contributed by atoms with Crippen molar-refractivity contribution < 1.29 is 9.59 Å². The normalized spacial score (nSPS) is 16.2. The van der Waals surface area contributed by atoms with Crippen LogP contribution in [0.25, 0.3) is 6.08 Å². The molecule has 0 fully saturated rings. The molecule has 0 saturated carbocycles. The third kappa shape index (κ3) is 4.25. The van der Waals surface area contributed by atoms with Gasteiger partial charge < -0.3 is 10.2 Å². The maximum atomic E-state index is 12.8. The summed E-state index contributed by atoms with van der Waals surface area (Å²) in [6, 6.07) is 13.7. The Morgan fingerprint density at radius 1 is 1.26 bits per heavy atom. The first-order valence-electron chi connectivity index (χ1n) is 9.08. The van der Waals surface area contributed by atoms with Crippen molar-refractivity contribution in [3.8, 4) is 0 Å². The van der Waals surface area contributed by atoms with Crippen molar-refractivity contribution in [2.45, 2.75) is 38.1 Å². The summed E-state index contributed by atoms with van der Waals surface area (Å²) in [5, 5.41) is 2.96. The Hall–Kier alpha value is -2.53. The lowest BCUT2D eigenvalue weighted by atomic mass is 10.1.